The number of rotatable bonds is 6. The Morgan fingerprint density at radius 2 is 1.77 bits per heavy atom. The summed E-state index contributed by atoms with van der Waals surface area (Å²) in [5.74, 6) is 0.344. The summed E-state index contributed by atoms with van der Waals surface area (Å²) >= 11 is 0. The van der Waals surface area contributed by atoms with Crippen LogP contribution in [0.2, 0.25) is 0 Å². The number of amides is 3. The largest absolute Gasteiger partial charge is 0.351 e. The first-order valence-electron chi connectivity index (χ1n) is 12.8. The number of hydrogen-bond donors (Lipinski definition) is 1. The molecule has 3 heterocycles. The lowest BCUT2D eigenvalue weighted by molar-refractivity contribution is -0.121. The second kappa shape index (κ2) is 10.2. The summed E-state index contributed by atoms with van der Waals surface area (Å²) in [6.45, 7) is 4.11. The number of likely N-dealkylation sites (N-methyl/N-ethyl adjacent to an activating group) is 1. The van der Waals surface area contributed by atoms with Gasteiger partial charge in [0.1, 0.15) is 6.04 Å². The van der Waals surface area contributed by atoms with Gasteiger partial charge in [0, 0.05) is 32.2 Å². The quantitative estimate of drug-likeness (QED) is 0.699. The lowest BCUT2D eigenvalue weighted by atomic mass is 9.90. The van der Waals surface area contributed by atoms with Crippen molar-refractivity contribution in [2.45, 2.75) is 38.1 Å². The molecule has 0 saturated carbocycles. The molecule has 0 spiro atoms. The van der Waals surface area contributed by atoms with Crippen molar-refractivity contribution in [2.75, 3.05) is 44.7 Å². The zero-order chi connectivity index (χ0) is 24.4. The van der Waals surface area contributed by atoms with Gasteiger partial charge in [0.05, 0.1) is 11.3 Å². The Bertz CT molecular complexity index is 1090. The molecule has 1 N–H and O–H groups in total. The van der Waals surface area contributed by atoms with E-state index in [1.807, 2.05) is 0 Å². The highest BCUT2D eigenvalue weighted by Gasteiger charge is 2.41. The summed E-state index contributed by atoms with van der Waals surface area (Å²) in [6, 6.07) is 15.3. The minimum absolute atomic E-state index is 0.0807. The standard InChI is InChI=1S/C28H34N4O3/c1-30-25-19-22(9-10-23(25)27(34)32-14-5-8-24(32)28(30)35)26(33)29-13-17-31-15-11-21(12-16-31)18-20-6-3-2-4-7-20/h2-4,6-7,9-10,19,21,24H,5,8,11-18H2,1H3,(H,29,33)/t24-/m1/s1. The van der Waals surface area contributed by atoms with Gasteiger partial charge in [-0.3, -0.25) is 14.4 Å². The molecule has 0 aliphatic carbocycles. The van der Waals surface area contributed by atoms with E-state index in [-0.39, 0.29) is 17.7 Å². The summed E-state index contributed by atoms with van der Waals surface area (Å²) in [4.78, 5) is 44.4. The number of carbonyl (C=O) groups is 3. The zero-order valence-electron chi connectivity index (χ0n) is 20.4. The van der Waals surface area contributed by atoms with Gasteiger partial charge < -0.3 is 20.0 Å². The number of carbonyl (C=O) groups excluding carboxylic acids is 3. The molecule has 0 unspecified atom stereocenters. The van der Waals surface area contributed by atoms with Crippen molar-refractivity contribution in [3.63, 3.8) is 0 Å². The van der Waals surface area contributed by atoms with E-state index in [0.717, 1.165) is 38.4 Å². The van der Waals surface area contributed by atoms with Crippen LogP contribution in [0, 0.1) is 5.92 Å². The normalized spacial score (nSPS) is 21.0. The molecule has 1 atom stereocenters. The topological polar surface area (TPSA) is 73.0 Å². The molecule has 3 aliphatic rings. The number of fused-ring (bicyclic) bond motifs is 2. The lowest BCUT2D eigenvalue weighted by Crippen LogP contribution is -2.43. The van der Waals surface area contributed by atoms with Crippen molar-refractivity contribution in [1.29, 1.82) is 0 Å². The van der Waals surface area contributed by atoms with E-state index in [1.165, 1.54) is 18.4 Å². The van der Waals surface area contributed by atoms with Gasteiger partial charge in [-0.15, -0.1) is 0 Å². The fourth-order valence-corrected chi connectivity index (χ4v) is 5.69. The van der Waals surface area contributed by atoms with Gasteiger partial charge >= 0.3 is 0 Å². The third kappa shape index (κ3) is 4.96. The maximum atomic E-state index is 13.0. The molecular weight excluding hydrogens is 440 g/mol. The minimum Gasteiger partial charge on any atom is -0.351 e. The van der Waals surface area contributed by atoms with E-state index >= 15 is 0 Å². The van der Waals surface area contributed by atoms with Crippen LogP contribution in [-0.2, 0) is 11.2 Å². The highest BCUT2D eigenvalue weighted by atomic mass is 16.2. The van der Waals surface area contributed by atoms with Gasteiger partial charge in [-0.25, -0.2) is 0 Å². The Morgan fingerprint density at radius 1 is 1.00 bits per heavy atom. The molecule has 3 amide bonds. The molecule has 2 saturated heterocycles. The van der Waals surface area contributed by atoms with Gasteiger partial charge in [0.25, 0.3) is 11.8 Å². The van der Waals surface area contributed by atoms with Gasteiger partial charge in [0.15, 0.2) is 0 Å². The van der Waals surface area contributed by atoms with Crippen LogP contribution in [0.4, 0.5) is 5.69 Å². The fraction of sp³-hybridized carbons (Fsp3) is 0.464. The SMILES string of the molecule is CN1C(=O)[C@H]2CCCN2C(=O)c2ccc(C(=O)NCCN3CCC(Cc4ccccc4)CC3)cc21. The first-order valence-corrected chi connectivity index (χ1v) is 12.8. The Kier molecular flexibility index (Phi) is 6.86. The van der Waals surface area contributed by atoms with E-state index in [4.69, 9.17) is 0 Å². The monoisotopic (exact) mass is 474 g/mol. The van der Waals surface area contributed by atoms with E-state index in [1.54, 1.807) is 35.0 Å². The molecule has 0 aromatic heterocycles. The van der Waals surface area contributed by atoms with Gasteiger partial charge in [-0.05, 0) is 74.9 Å². The summed E-state index contributed by atoms with van der Waals surface area (Å²) < 4.78 is 0. The van der Waals surface area contributed by atoms with E-state index in [9.17, 15) is 14.4 Å². The molecule has 7 nitrogen and oxygen atoms in total. The van der Waals surface area contributed by atoms with Gasteiger partial charge in [-0.1, -0.05) is 30.3 Å². The third-order valence-corrected chi connectivity index (χ3v) is 7.77. The number of hydrogen-bond acceptors (Lipinski definition) is 4. The molecule has 35 heavy (non-hydrogen) atoms. The van der Waals surface area contributed by atoms with Gasteiger partial charge in [-0.2, -0.15) is 0 Å². The smallest absolute Gasteiger partial charge is 0.256 e. The average Bonchev–Trinajstić information content (AvgIpc) is 3.36. The molecular formula is C28H34N4O3. The first kappa shape index (κ1) is 23.5. The predicted molar refractivity (Wildman–Crippen MR) is 136 cm³/mol. The second-order valence-electron chi connectivity index (χ2n) is 10.0. The summed E-state index contributed by atoms with van der Waals surface area (Å²) in [6.07, 6.45) is 5.04. The molecule has 3 aliphatic heterocycles. The Morgan fingerprint density at radius 3 is 2.54 bits per heavy atom. The fourth-order valence-electron chi connectivity index (χ4n) is 5.69. The Labute approximate surface area is 207 Å². The molecule has 5 rings (SSSR count). The van der Waals surface area contributed by atoms with Crippen LogP contribution in [0.5, 0.6) is 0 Å². The number of piperidine rings is 1. The number of nitrogens with zero attached hydrogens (tertiary/aromatic N) is 3. The van der Waals surface area contributed by atoms with Crippen LogP contribution in [0.25, 0.3) is 0 Å². The summed E-state index contributed by atoms with van der Waals surface area (Å²) in [7, 11) is 1.69. The summed E-state index contributed by atoms with van der Waals surface area (Å²) in [5, 5.41) is 3.02. The third-order valence-electron chi connectivity index (χ3n) is 7.77. The molecule has 2 aromatic carbocycles. The van der Waals surface area contributed by atoms with Crippen LogP contribution in [0.15, 0.2) is 48.5 Å². The molecule has 7 heteroatoms. The van der Waals surface area contributed by atoms with Crippen molar-refractivity contribution in [1.82, 2.24) is 15.1 Å². The van der Waals surface area contributed by atoms with Crippen LogP contribution < -0.4 is 10.2 Å². The van der Waals surface area contributed by atoms with Crippen LogP contribution in [-0.4, -0.2) is 73.3 Å². The lowest BCUT2D eigenvalue weighted by Gasteiger charge is -2.32. The first-order chi connectivity index (χ1) is 17.0. The number of benzene rings is 2. The van der Waals surface area contributed by atoms with Crippen LogP contribution >= 0.6 is 0 Å². The van der Waals surface area contributed by atoms with Crippen LogP contribution in [0.1, 0.15) is 52.0 Å². The van der Waals surface area contributed by atoms with E-state index in [0.29, 0.717) is 36.3 Å². The highest BCUT2D eigenvalue weighted by Crippen LogP contribution is 2.32. The van der Waals surface area contributed by atoms with E-state index in [2.05, 4.69) is 40.5 Å². The van der Waals surface area contributed by atoms with Crippen molar-refractivity contribution in [3.05, 3.63) is 65.2 Å². The Balaban J connectivity index is 1.14. The molecule has 0 bridgehead atoms. The predicted octanol–water partition coefficient (Wildman–Crippen LogP) is 2.95. The maximum Gasteiger partial charge on any atom is 0.256 e. The molecule has 184 valence electrons. The van der Waals surface area contributed by atoms with E-state index < -0.39 is 6.04 Å². The van der Waals surface area contributed by atoms with Crippen LogP contribution in [0.3, 0.4) is 0 Å². The van der Waals surface area contributed by atoms with Gasteiger partial charge in [0.2, 0.25) is 5.91 Å². The zero-order valence-corrected chi connectivity index (χ0v) is 20.4. The second-order valence-corrected chi connectivity index (χ2v) is 10.0. The molecule has 2 aromatic rings. The number of likely N-dealkylation sites (tertiary alicyclic amines) is 1. The molecule has 2 fully saturated rings. The number of nitrogens with one attached hydrogen (secondary N) is 1. The highest BCUT2D eigenvalue weighted by molar-refractivity contribution is 6.12. The number of anilines is 1. The Hall–Kier alpha value is -3.19. The summed E-state index contributed by atoms with van der Waals surface area (Å²) in [5.41, 5.74) is 2.89. The van der Waals surface area contributed by atoms with Crippen molar-refractivity contribution >= 4 is 23.4 Å². The van der Waals surface area contributed by atoms with Crippen molar-refractivity contribution in [2.24, 2.45) is 5.92 Å². The molecule has 0 radical (unpaired) electrons. The van der Waals surface area contributed by atoms with Crippen molar-refractivity contribution < 1.29 is 14.4 Å². The maximum absolute atomic E-state index is 13.0. The minimum atomic E-state index is -0.394. The van der Waals surface area contributed by atoms with Crippen molar-refractivity contribution in [3.8, 4) is 0 Å². The average molecular weight is 475 g/mol.